The van der Waals surface area contributed by atoms with Crippen LogP contribution in [0.25, 0.3) is 33.1 Å². The van der Waals surface area contributed by atoms with E-state index in [2.05, 4.69) is 25.1 Å². The van der Waals surface area contributed by atoms with Gasteiger partial charge >= 0.3 is 6.01 Å². The summed E-state index contributed by atoms with van der Waals surface area (Å²) in [6.45, 7) is 3.63. The van der Waals surface area contributed by atoms with Gasteiger partial charge in [0.25, 0.3) is 0 Å². The van der Waals surface area contributed by atoms with Gasteiger partial charge in [0.2, 0.25) is 0 Å². The lowest BCUT2D eigenvalue weighted by molar-refractivity contribution is 0.107. The Morgan fingerprint density at radius 3 is 2.71 bits per heavy atom. The fourth-order valence-corrected chi connectivity index (χ4v) is 6.53. The molecule has 0 radical (unpaired) electrons. The quantitative estimate of drug-likeness (QED) is 0.409. The van der Waals surface area contributed by atoms with Crippen LogP contribution < -0.4 is 9.64 Å². The number of aliphatic hydroxyl groups is 1. The maximum absolute atomic E-state index is 16.2. The summed E-state index contributed by atoms with van der Waals surface area (Å²) in [6.07, 6.45) is 8.45. The number of piperidine rings is 1. The van der Waals surface area contributed by atoms with Gasteiger partial charge < -0.3 is 14.7 Å². The molecule has 1 atom stereocenters. The van der Waals surface area contributed by atoms with Crippen molar-refractivity contribution in [1.29, 1.82) is 0 Å². The van der Waals surface area contributed by atoms with Crippen molar-refractivity contribution < 1.29 is 18.6 Å². The van der Waals surface area contributed by atoms with E-state index in [1.807, 2.05) is 4.90 Å². The summed E-state index contributed by atoms with van der Waals surface area (Å²) in [5.74, 6) is -0.713. The molecule has 3 saturated heterocycles. The Balaban J connectivity index is 1.34. The first kappa shape index (κ1) is 23.7. The zero-order valence-corrected chi connectivity index (χ0v) is 21.0. The molecule has 7 rings (SSSR count). The number of rotatable bonds is 5. The highest BCUT2D eigenvalue weighted by Gasteiger charge is 2.45. The Bertz CT molecular complexity index is 1520. The summed E-state index contributed by atoms with van der Waals surface area (Å²) >= 11 is 0. The predicted molar refractivity (Wildman–Crippen MR) is 138 cm³/mol. The van der Waals surface area contributed by atoms with Gasteiger partial charge in [0.05, 0.1) is 28.7 Å². The van der Waals surface area contributed by atoms with Crippen LogP contribution in [0, 0.1) is 11.6 Å². The minimum absolute atomic E-state index is 0.0177. The number of hydrogen-bond acceptors (Lipinski definition) is 8. The number of halogens is 2. The lowest BCUT2D eigenvalue weighted by Crippen LogP contribution is -2.43. The number of anilines is 1. The van der Waals surface area contributed by atoms with Crippen LogP contribution in [-0.4, -0.2) is 79.6 Å². The van der Waals surface area contributed by atoms with Gasteiger partial charge in [-0.1, -0.05) is 0 Å². The Morgan fingerprint density at radius 2 is 1.89 bits per heavy atom. The molecule has 6 heterocycles. The van der Waals surface area contributed by atoms with Crippen molar-refractivity contribution in [3.63, 3.8) is 0 Å². The number of β-amino-alcohol motifs (C(OH)–C–C–N with tert-alkyl or cyclic N) is 1. The third-order valence-corrected chi connectivity index (χ3v) is 8.40. The fraction of sp³-hybridized carbons (Fsp3) is 0.481. The maximum Gasteiger partial charge on any atom is 0.319 e. The van der Waals surface area contributed by atoms with Crippen LogP contribution in [0.4, 0.5) is 14.6 Å². The van der Waals surface area contributed by atoms with E-state index >= 15 is 4.39 Å². The predicted octanol–water partition coefficient (Wildman–Crippen LogP) is 3.81. The molecule has 0 aliphatic carbocycles. The van der Waals surface area contributed by atoms with E-state index < -0.39 is 17.7 Å². The van der Waals surface area contributed by atoms with Gasteiger partial charge in [-0.15, -0.1) is 0 Å². The normalized spacial score (nSPS) is 21.4. The van der Waals surface area contributed by atoms with E-state index in [0.29, 0.717) is 48.2 Å². The molecule has 0 spiro atoms. The van der Waals surface area contributed by atoms with Crippen LogP contribution >= 0.6 is 0 Å². The lowest BCUT2D eigenvalue weighted by atomic mass is 9.95. The topological polar surface area (TPSA) is 103 Å². The molecule has 3 aromatic heterocycles. The van der Waals surface area contributed by atoms with Gasteiger partial charge in [0.15, 0.2) is 5.82 Å². The maximum atomic E-state index is 16.2. The van der Waals surface area contributed by atoms with Gasteiger partial charge in [-0.05, 0) is 63.7 Å². The monoisotopic (exact) mass is 521 g/mol. The van der Waals surface area contributed by atoms with Gasteiger partial charge in [0, 0.05) is 30.2 Å². The molecule has 0 saturated carbocycles. The van der Waals surface area contributed by atoms with E-state index in [4.69, 9.17) is 9.72 Å². The second-order valence-corrected chi connectivity index (χ2v) is 10.7. The highest BCUT2D eigenvalue weighted by molar-refractivity contribution is 5.97. The van der Waals surface area contributed by atoms with Crippen molar-refractivity contribution >= 4 is 27.6 Å². The average Bonchev–Trinajstić information content (AvgIpc) is 3.63. The van der Waals surface area contributed by atoms with E-state index in [0.717, 1.165) is 45.2 Å². The van der Waals surface area contributed by atoms with E-state index in [-0.39, 0.29) is 28.3 Å². The number of aliphatic hydroxyl groups excluding tert-OH is 1. The molecule has 0 amide bonds. The number of aromatic amines is 1. The van der Waals surface area contributed by atoms with Crippen LogP contribution in [0.2, 0.25) is 0 Å². The Hall–Kier alpha value is -3.44. The highest BCUT2D eigenvalue weighted by atomic mass is 19.1. The third-order valence-electron chi connectivity index (χ3n) is 8.40. The molecule has 2 N–H and O–H groups in total. The summed E-state index contributed by atoms with van der Waals surface area (Å²) in [5, 5.41) is 18.0. The number of pyridine rings is 1. The molecule has 3 aliphatic heterocycles. The molecular formula is C27H29F2N7O2. The molecule has 4 aromatic rings. The second-order valence-electron chi connectivity index (χ2n) is 10.7. The van der Waals surface area contributed by atoms with Crippen molar-refractivity contribution in [2.24, 2.45) is 0 Å². The first-order chi connectivity index (χ1) is 18.5. The molecule has 3 aliphatic rings. The number of nitrogens with zero attached hydrogens (tertiary/aromatic N) is 6. The van der Waals surface area contributed by atoms with Crippen LogP contribution in [0.1, 0.15) is 38.5 Å². The van der Waals surface area contributed by atoms with Crippen molar-refractivity contribution in [3.05, 3.63) is 36.2 Å². The molecule has 1 unspecified atom stereocenters. The highest BCUT2D eigenvalue weighted by Crippen LogP contribution is 2.40. The summed E-state index contributed by atoms with van der Waals surface area (Å²) in [6, 6.07) is 2.67. The standard InChI is InChI=1S/C27H29F2N7O2/c28-16-10-18(19-13-31-34-21(19)11-16)23-22(29)24-20(12-30-23)25(35-7-1-4-17(37)14-35)33-26(32-24)38-15-27-5-2-8-36(27)9-3-6-27/h10-13,17,37H,1-9,14-15H2,(H,31,34). The molecule has 0 bridgehead atoms. The zero-order valence-electron chi connectivity index (χ0n) is 21.0. The summed E-state index contributed by atoms with van der Waals surface area (Å²) in [4.78, 5) is 18.1. The SMILES string of the molecule is OC1CCCN(c2nc(OCC34CCCN3CCC4)nc3c(F)c(-c4cc(F)cc5[nH]ncc45)ncc23)C1. The molecule has 9 nitrogen and oxygen atoms in total. The molecule has 38 heavy (non-hydrogen) atoms. The Morgan fingerprint density at radius 1 is 1.05 bits per heavy atom. The zero-order chi connectivity index (χ0) is 25.9. The molecule has 1 aromatic carbocycles. The first-order valence-electron chi connectivity index (χ1n) is 13.3. The number of ether oxygens (including phenoxy) is 1. The van der Waals surface area contributed by atoms with Crippen LogP contribution in [0.3, 0.4) is 0 Å². The van der Waals surface area contributed by atoms with E-state index in [9.17, 15) is 9.50 Å². The van der Waals surface area contributed by atoms with E-state index in [1.54, 1.807) is 0 Å². The lowest BCUT2D eigenvalue weighted by Gasteiger charge is -2.33. The Kier molecular flexibility index (Phi) is 5.66. The fourth-order valence-electron chi connectivity index (χ4n) is 6.53. The number of hydrogen-bond donors (Lipinski definition) is 2. The first-order valence-corrected chi connectivity index (χ1v) is 13.3. The summed E-state index contributed by atoms with van der Waals surface area (Å²) in [7, 11) is 0. The molecule has 3 fully saturated rings. The van der Waals surface area contributed by atoms with Crippen molar-refractivity contribution in [1.82, 2.24) is 30.0 Å². The molecule has 11 heteroatoms. The van der Waals surface area contributed by atoms with E-state index in [1.165, 1.54) is 24.5 Å². The van der Waals surface area contributed by atoms with Crippen LogP contribution in [-0.2, 0) is 0 Å². The van der Waals surface area contributed by atoms with Gasteiger partial charge in [-0.3, -0.25) is 15.0 Å². The Labute approximate surface area is 217 Å². The number of nitrogens with one attached hydrogen (secondary N) is 1. The number of H-pyrrole nitrogens is 1. The minimum Gasteiger partial charge on any atom is -0.461 e. The number of benzene rings is 1. The molecule has 198 valence electrons. The van der Waals surface area contributed by atoms with Crippen LogP contribution in [0.15, 0.2) is 24.5 Å². The number of aromatic nitrogens is 5. The third kappa shape index (κ3) is 3.87. The van der Waals surface area contributed by atoms with Crippen molar-refractivity contribution in [2.45, 2.75) is 50.2 Å². The average molecular weight is 522 g/mol. The van der Waals surface area contributed by atoms with Crippen molar-refractivity contribution in [2.75, 3.05) is 37.7 Å². The van der Waals surface area contributed by atoms with Gasteiger partial charge in [-0.25, -0.2) is 8.78 Å². The van der Waals surface area contributed by atoms with Gasteiger partial charge in [0.1, 0.15) is 29.5 Å². The van der Waals surface area contributed by atoms with Crippen LogP contribution in [0.5, 0.6) is 6.01 Å². The second kappa shape index (κ2) is 9.09. The largest absolute Gasteiger partial charge is 0.461 e. The minimum atomic E-state index is -0.678. The summed E-state index contributed by atoms with van der Waals surface area (Å²) in [5.41, 5.74) is 0.761. The van der Waals surface area contributed by atoms with Crippen molar-refractivity contribution in [3.8, 4) is 17.3 Å². The summed E-state index contributed by atoms with van der Waals surface area (Å²) < 4.78 is 36.9. The smallest absolute Gasteiger partial charge is 0.319 e. The molecular weight excluding hydrogens is 492 g/mol. The number of fused-ring (bicyclic) bond motifs is 3. The van der Waals surface area contributed by atoms with Gasteiger partial charge in [-0.2, -0.15) is 15.1 Å².